The summed E-state index contributed by atoms with van der Waals surface area (Å²) in [7, 11) is 1.58. The number of carbonyl (C=O) groups is 3. The second kappa shape index (κ2) is 11.4. The van der Waals surface area contributed by atoms with Gasteiger partial charge in [0.05, 0.1) is 31.8 Å². The molecule has 8 heteroatoms. The van der Waals surface area contributed by atoms with Crippen molar-refractivity contribution in [2.24, 2.45) is 5.92 Å². The van der Waals surface area contributed by atoms with Gasteiger partial charge in [-0.25, -0.2) is 4.79 Å². The number of carbonyl (C=O) groups excluding carboxylic acids is 3. The van der Waals surface area contributed by atoms with Gasteiger partial charge in [0.25, 0.3) is 0 Å². The summed E-state index contributed by atoms with van der Waals surface area (Å²) in [6.07, 6.45) is 0.402. The van der Waals surface area contributed by atoms with E-state index in [0.717, 1.165) is 21.0 Å². The molecule has 1 aliphatic carbocycles. The summed E-state index contributed by atoms with van der Waals surface area (Å²) >= 11 is 1.58. The minimum atomic E-state index is -1.05. The topological polar surface area (TPSA) is 90.9 Å². The van der Waals surface area contributed by atoms with Crippen molar-refractivity contribution < 1.29 is 28.6 Å². The Labute approximate surface area is 234 Å². The summed E-state index contributed by atoms with van der Waals surface area (Å²) in [6, 6.07) is 11.5. The number of hydrogen-bond acceptors (Lipinski definition) is 8. The van der Waals surface area contributed by atoms with Crippen LogP contribution in [0.1, 0.15) is 75.1 Å². The number of ketones is 1. The van der Waals surface area contributed by atoms with Crippen molar-refractivity contribution in [1.82, 2.24) is 5.32 Å². The van der Waals surface area contributed by atoms with Crippen molar-refractivity contribution in [1.29, 1.82) is 0 Å². The molecule has 7 nitrogen and oxygen atoms in total. The lowest BCUT2D eigenvalue weighted by molar-refractivity contribution is -0.152. The van der Waals surface area contributed by atoms with Crippen molar-refractivity contribution in [3.05, 3.63) is 74.3 Å². The number of ether oxygens (including phenoxy) is 3. The molecule has 1 aliphatic heterocycles. The molecule has 0 saturated heterocycles. The molecular weight excluding hydrogens is 514 g/mol. The summed E-state index contributed by atoms with van der Waals surface area (Å²) in [5, 5.41) is 3.35. The van der Waals surface area contributed by atoms with Gasteiger partial charge in [0.1, 0.15) is 11.7 Å². The smallest absolute Gasteiger partial charge is 0.336 e. The zero-order chi connectivity index (χ0) is 28.5. The van der Waals surface area contributed by atoms with Gasteiger partial charge in [0, 0.05) is 32.6 Å². The second-order valence-electron chi connectivity index (χ2n) is 10.8. The summed E-state index contributed by atoms with van der Waals surface area (Å²) < 4.78 is 16.3. The zero-order valence-electron chi connectivity index (χ0n) is 23.7. The zero-order valence-corrected chi connectivity index (χ0v) is 24.5. The number of allylic oxidation sites excluding steroid dienone is 3. The monoisotopic (exact) mass is 551 g/mol. The molecule has 1 aromatic heterocycles. The maximum absolute atomic E-state index is 14.4. The molecule has 0 spiro atoms. The van der Waals surface area contributed by atoms with E-state index in [2.05, 4.69) is 32.2 Å². The van der Waals surface area contributed by atoms with Crippen LogP contribution in [0, 0.1) is 5.92 Å². The second-order valence-corrected chi connectivity index (χ2v) is 12.0. The summed E-state index contributed by atoms with van der Waals surface area (Å²) in [5.74, 6) is -2.87. The van der Waals surface area contributed by atoms with Crippen LogP contribution in [0.4, 0.5) is 0 Å². The molecule has 0 amide bonds. The third-order valence-electron chi connectivity index (χ3n) is 7.23. The standard InChI is InChI=1S/C31H37NO6S/c1-8-37-29(34)24-17(3)32-21-16-20(18-11-10-12-19(15-18)36-7)25(30(35)38-9-2)28(33)26(21)27(24)22-13-14-23(39-22)31(4,5)6/h10-15,20,25,27,32H,8-9,16H2,1-7H3. The maximum Gasteiger partial charge on any atom is 0.336 e. The fourth-order valence-electron chi connectivity index (χ4n) is 5.40. The lowest BCUT2D eigenvalue weighted by Gasteiger charge is -2.39. The van der Waals surface area contributed by atoms with Gasteiger partial charge < -0.3 is 19.5 Å². The average molecular weight is 552 g/mol. The predicted octanol–water partition coefficient (Wildman–Crippen LogP) is 5.77. The van der Waals surface area contributed by atoms with Crippen LogP contribution in [-0.2, 0) is 29.3 Å². The largest absolute Gasteiger partial charge is 0.497 e. The molecule has 0 radical (unpaired) electrons. The van der Waals surface area contributed by atoms with Crippen molar-refractivity contribution in [3.63, 3.8) is 0 Å². The van der Waals surface area contributed by atoms with E-state index in [4.69, 9.17) is 14.2 Å². The minimum Gasteiger partial charge on any atom is -0.497 e. The third kappa shape index (κ3) is 5.53. The number of Topliss-reactive ketones (excluding diaryl/α,β-unsaturated/α-hetero) is 1. The van der Waals surface area contributed by atoms with Gasteiger partial charge >= 0.3 is 11.9 Å². The summed E-state index contributed by atoms with van der Waals surface area (Å²) in [5.41, 5.74) is 2.91. The van der Waals surface area contributed by atoms with Crippen LogP contribution in [0.15, 0.2) is 58.9 Å². The first-order chi connectivity index (χ1) is 18.5. The lowest BCUT2D eigenvalue weighted by Crippen LogP contribution is -2.43. The van der Waals surface area contributed by atoms with E-state index in [1.807, 2.05) is 37.3 Å². The Morgan fingerprint density at radius 3 is 2.41 bits per heavy atom. The molecule has 4 rings (SSSR count). The number of rotatable bonds is 7. The normalized spacial score (nSPS) is 21.3. The summed E-state index contributed by atoms with van der Waals surface area (Å²) in [4.78, 5) is 43.1. The highest BCUT2D eigenvalue weighted by atomic mass is 32.1. The predicted molar refractivity (Wildman–Crippen MR) is 151 cm³/mol. The molecule has 1 N–H and O–H groups in total. The van der Waals surface area contributed by atoms with E-state index in [0.29, 0.717) is 29.0 Å². The van der Waals surface area contributed by atoms with E-state index in [1.165, 1.54) is 0 Å². The van der Waals surface area contributed by atoms with Gasteiger partial charge in [-0.05, 0) is 62.4 Å². The Kier molecular flexibility index (Phi) is 8.35. The number of dihydropyridines is 1. The molecule has 3 atom stereocenters. The molecule has 0 bridgehead atoms. The number of benzene rings is 1. The van der Waals surface area contributed by atoms with Crippen LogP contribution in [0.3, 0.4) is 0 Å². The van der Waals surface area contributed by atoms with E-state index in [1.54, 1.807) is 32.3 Å². The minimum absolute atomic E-state index is 0.0998. The van der Waals surface area contributed by atoms with E-state index in [9.17, 15) is 14.4 Å². The van der Waals surface area contributed by atoms with Crippen molar-refractivity contribution in [3.8, 4) is 5.75 Å². The van der Waals surface area contributed by atoms with Crippen LogP contribution in [-0.4, -0.2) is 38.0 Å². The van der Waals surface area contributed by atoms with Crippen LogP contribution in [0.2, 0.25) is 0 Å². The Morgan fingerprint density at radius 1 is 1.08 bits per heavy atom. The maximum atomic E-state index is 14.4. The summed E-state index contributed by atoms with van der Waals surface area (Å²) in [6.45, 7) is 12.1. The molecule has 2 heterocycles. The number of nitrogens with one attached hydrogen (secondary N) is 1. The number of esters is 2. The Morgan fingerprint density at radius 2 is 1.79 bits per heavy atom. The molecule has 2 aromatic rings. The molecule has 3 unspecified atom stereocenters. The first-order valence-electron chi connectivity index (χ1n) is 13.3. The molecule has 2 aliphatic rings. The van der Waals surface area contributed by atoms with Gasteiger partial charge in [-0.2, -0.15) is 0 Å². The van der Waals surface area contributed by atoms with Gasteiger partial charge in [0.2, 0.25) is 0 Å². The van der Waals surface area contributed by atoms with Gasteiger partial charge in [-0.1, -0.05) is 32.9 Å². The molecule has 39 heavy (non-hydrogen) atoms. The number of methoxy groups -OCH3 is 1. The fraction of sp³-hybridized carbons (Fsp3) is 0.452. The van der Waals surface area contributed by atoms with Crippen LogP contribution in [0.5, 0.6) is 5.75 Å². The Bertz CT molecular complexity index is 1340. The van der Waals surface area contributed by atoms with Gasteiger partial charge in [0.15, 0.2) is 5.78 Å². The van der Waals surface area contributed by atoms with E-state index in [-0.39, 0.29) is 24.4 Å². The van der Waals surface area contributed by atoms with E-state index < -0.39 is 29.7 Å². The molecular formula is C31H37NO6S. The van der Waals surface area contributed by atoms with Crippen LogP contribution >= 0.6 is 11.3 Å². The van der Waals surface area contributed by atoms with E-state index >= 15 is 0 Å². The lowest BCUT2D eigenvalue weighted by atomic mass is 9.68. The SMILES string of the molecule is CCOC(=O)C1=C(C)NC2=C(C(=O)C(C(=O)OCC)C(c3cccc(OC)c3)C2)C1c1ccc(C(C)(C)C)s1. The molecule has 0 fully saturated rings. The highest BCUT2D eigenvalue weighted by molar-refractivity contribution is 7.12. The number of thiophene rings is 1. The molecule has 0 saturated carbocycles. The van der Waals surface area contributed by atoms with Crippen molar-refractivity contribution >= 4 is 29.1 Å². The first kappa shape index (κ1) is 28.6. The van der Waals surface area contributed by atoms with Gasteiger partial charge in [-0.15, -0.1) is 11.3 Å². The van der Waals surface area contributed by atoms with Gasteiger partial charge in [-0.3, -0.25) is 9.59 Å². The highest BCUT2D eigenvalue weighted by Gasteiger charge is 2.49. The highest BCUT2D eigenvalue weighted by Crippen LogP contribution is 2.50. The Balaban J connectivity index is 1.90. The third-order valence-corrected chi connectivity index (χ3v) is 8.80. The van der Waals surface area contributed by atoms with Crippen molar-refractivity contribution in [2.75, 3.05) is 20.3 Å². The fourth-order valence-corrected chi connectivity index (χ4v) is 6.58. The average Bonchev–Trinajstić information content (AvgIpc) is 3.39. The van der Waals surface area contributed by atoms with Crippen molar-refractivity contribution in [2.45, 2.75) is 65.2 Å². The quantitative estimate of drug-likeness (QED) is 0.345. The Hall–Kier alpha value is -3.39. The van der Waals surface area contributed by atoms with Crippen LogP contribution < -0.4 is 10.1 Å². The number of hydrogen-bond donors (Lipinski definition) is 1. The molecule has 1 aromatic carbocycles. The van der Waals surface area contributed by atoms with Crippen LogP contribution in [0.25, 0.3) is 0 Å². The first-order valence-corrected chi connectivity index (χ1v) is 14.2. The molecule has 208 valence electrons.